The molecule has 0 radical (unpaired) electrons. The number of nitrogens with zero attached hydrogens (tertiary/aromatic N) is 2. The molecule has 0 aromatic heterocycles. The van der Waals surface area contributed by atoms with Gasteiger partial charge in [0.25, 0.3) is 0 Å². The van der Waals surface area contributed by atoms with Gasteiger partial charge >= 0.3 is 12.2 Å². The number of carbonyl (C=O) groups excluding carboxylic acids is 3. The molecule has 2 fully saturated rings. The maximum atomic E-state index is 14.9. The van der Waals surface area contributed by atoms with E-state index in [2.05, 4.69) is 10.6 Å². The Bertz CT molecular complexity index is 820. The molecule has 2 saturated heterocycles. The molecule has 0 unspecified atom stereocenters. The Morgan fingerprint density at radius 3 is 2.73 bits per heavy atom. The van der Waals surface area contributed by atoms with Crippen molar-refractivity contribution in [3.05, 3.63) is 24.0 Å². The first kappa shape index (κ1) is 21.7. The third kappa shape index (κ3) is 4.92. The van der Waals surface area contributed by atoms with E-state index >= 15 is 0 Å². The Kier molecular flexibility index (Phi) is 6.63. The summed E-state index contributed by atoms with van der Waals surface area (Å²) in [5.41, 5.74) is 0.793. The molecule has 3 rings (SSSR count). The van der Waals surface area contributed by atoms with Gasteiger partial charge in [0, 0.05) is 20.0 Å². The van der Waals surface area contributed by atoms with Gasteiger partial charge in [0.2, 0.25) is 5.91 Å². The van der Waals surface area contributed by atoms with Crippen molar-refractivity contribution in [1.29, 1.82) is 0 Å². The van der Waals surface area contributed by atoms with E-state index in [0.29, 0.717) is 24.5 Å². The highest BCUT2D eigenvalue weighted by molar-refractivity contribution is 5.90. The zero-order valence-corrected chi connectivity index (χ0v) is 17.3. The van der Waals surface area contributed by atoms with Crippen molar-refractivity contribution in [2.24, 2.45) is 5.92 Å². The van der Waals surface area contributed by atoms with Gasteiger partial charge in [0.05, 0.1) is 37.1 Å². The number of halogens is 1. The topological polar surface area (TPSA) is 100 Å². The Balaban J connectivity index is 1.65. The van der Waals surface area contributed by atoms with E-state index in [4.69, 9.17) is 9.47 Å². The van der Waals surface area contributed by atoms with Crippen LogP contribution in [0.25, 0.3) is 0 Å². The fourth-order valence-corrected chi connectivity index (χ4v) is 3.69. The highest BCUT2D eigenvalue weighted by atomic mass is 19.1. The number of ether oxygens (including phenoxy) is 2. The van der Waals surface area contributed by atoms with Crippen molar-refractivity contribution >= 4 is 29.5 Å². The standard InChI is InChI=1S/C20H27FN4O5/c1-4-29-19(27)23-17-11-24(9-12(17)2)18-6-5-14(7-16(18)21)25-10-15(30-20(25)28)8-22-13(3)26/h5-7,12,15,17H,4,8-11H2,1-3H3,(H,22,26)(H,23,27)/t12-,15-,17+/m0/s1. The molecule has 0 aliphatic carbocycles. The summed E-state index contributed by atoms with van der Waals surface area (Å²) in [5.74, 6) is -0.554. The fourth-order valence-electron chi connectivity index (χ4n) is 3.69. The normalized spacial score (nSPS) is 23.3. The van der Waals surface area contributed by atoms with Crippen LogP contribution < -0.4 is 20.4 Å². The van der Waals surface area contributed by atoms with Crippen LogP contribution in [0.2, 0.25) is 0 Å². The summed E-state index contributed by atoms with van der Waals surface area (Å²) in [7, 11) is 0. The van der Waals surface area contributed by atoms with E-state index in [-0.39, 0.29) is 37.6 Å². The lowest BCUT2D eigenvalue weighted by molar-refractivity contribution is -0.119. The van der Waals surface area contributed by atoms with Gasteiger partial charge in [-0.15, -0.1) is 0 Å². The van der Waals surface area contributed by atoms with E-state index in [1.807, 2.05) is 11.8 Å². The van der Waals surface area contributed by atoms with Crippen molar-refractivity contribution in [2.75, 3.05) is 42.6 Å². The van der Waals surface area contributed by atoms with Crippen LogP contribution in [0.5, 0.6) is 0 Å². The summed E-state index contributed by atoms with van der Waals surface area (Å²) >= 11 is 0. The highest BCUT2D eigenvalue weighted by Gasteiger charge is 2.35. The molecule has 164 valence electrons. The first-order valence-electron chi connectivity index (χ1n) is 9.98. The zero-order valence-electron chi connectivity index (χ0n) is 17.3. The van der Waals surface area contributed by atoms with Crippen molar-refractivity contribution < 1.29 is 28.2 Å². The van der Waals surface area contributed by atoms with Crippen molar-refractivity contribution in [1.82, 2.24) is 10.6 Å². The number of rotatable bonds is 6. The van der Waals surface area contributed by atoms with Crippen LogP contribution >= 0.6 is 0 Å². The van der Waals surface area contributed by atoms with Crippen LogP contribution in [-0.4, -0.2) is 63.0 Å². The summed E-state index contributed by atoms with van der Waals surface area (Å²) < 4.78 is 25.0. The summed E-state index contributed by atoms with van der Waals surface area (Å²) in [6.07, 6.45) is -1.54. The summed E-state index contributed by atoms with van der Waals surface area (Å²) in [4.78, 5) is 38.1. The largest absolute Gasteiger partial charge is 0.450 e. The predicted molar refractivity (Wildman–Crippen MR) is 108 cm³/mol. The molecule has 9 nitrogen and oxygen atoms in total. The van der Waals surface area contributed by atoms with E-state index < -0.39 is 24.1 Å². The number of hydrogen-bond donors (Lipinski definition) is 2. The van der Waals surface area contributed by atoms with Gasteiger partial charge in [-0.2, -0.15) is 0 Å². The van der Waals surface area contributed by atoms with Crippen molar-refractivity contribution in [3.8, 4) is 0 Å². The summed E-state index contributed by atoms with van der Waals surface area (Å²) in [6.45, 7) is 6.87. The van der Waals surface area contributed by atoms with Crippen LogP contribution in [-0.2, 0) is 14.3 Å². The van der Waals surface area contributed by atoms with E-state index in [9.17, 15) is 18.8 Å². The number of amides is 3. The fraction of sp³-hybridized carbons (Fsp3) is 0.550. The van der Waals surface area contributed by atoms with Gasteiger partial charge in [-0.3, -0.25) is 9.69 Å². The van der Waals surface area contributed by atoms with Gasteiger partial charge < -0.3 is 25.0 Å². The van der Waals surface area contributed by atoms with Gasteiger partial charge in [-0.25, -0.2) is 14.0 Å². The second-order valence-corrected chi connectivity index (χ2v) is 7.54. The van der Waals surface area contributed by atoms with Crippen LogP contribution in [0.15, 0.2) is 18.2 Å². The smallest absolute Gasteiger partial charge is 0.414 e. The number of benzene rings is 1. The van der Waals surface area contributed by atoms with Gasteiger partial charge in [-0.05, 0) is 31.0 Å². The Hall–Kier alpha value is -3.04. The average molecular weight is 422 g/mol. The van der Waals surface area contributed by atoms with E-state index in [0.717, 1.165) is 0 Å². The molecule has 2 heterocycles. The SMILES string of the molecule is CCOC(=O)N[C@@H]1CN(c2ccc(N3C[C@H](CNC(C)=O)OC3=O)cc2F)C[C@@H]1C. The van der Waals surface area contributed by atoms with Crippen LogP contribution in [0.1, 0.15) is 20.8 Å². The summed E-state index contributed by atoms with van der Waals surface area (Å²) in [6, 6.07) is 4.44. The molecule has 10 heteroatoms. The molecule has 1 aromatic carbocycles. The number of carbonyl (C=O) groups is 3. The number of alkyl carbamates (subject to hydrolysis) is 1. The molecule has 2 N–H and O–H groups in total. The molecule has 3 amide bonds. The zero-order chi connectivity index (χ0) is 21.8. The predicted octanol–water partition coefficient (Wildman–Crippen LogP) is 1.86. The second kappa shape index (κ2) is 9.19. The quantitative estimate of drug-likeness (QED) is 0.726. The molecular weight excluding hydrogens is 395 g/mol. The third-order valence-electron chi connectivity index (χ3n) is 5.23. The lowest BCUT2D eigenvalue weighted by atomic mass is 10.1. The lowest BCUT2D eigenvalue weighted by Crippen LogP contribution is -2.40. The molecule has 3 atom stereocenters. The molecule has 0 bridgehead atoms. The first-order valence-corrected chi connectivity index (χ1v) is 9.98. The molecule has 0 saturated carbocycles. The van der Waals surface area contributed by atoms with Gasteiger partial charge in [0.15, 0.2) is 0 Å². The third-order valence-corrected chi connectivity index (χ3v) is 5.23. The average Bonchev–Trinajstić information content (AvgIpc) is 3.22. The Labute approximate surface area is 174 Å². The van der Waals surface area contributed by atoms with Gasteiger partial charge in [-0.1, -0.05) is 6.92 Å². The Morgan fingerprint density at radius 1 is 1.30 bits per heavy atom. The van der Waals surface area contributed by atoms with Crippen LogP contribution in [0.3, 0.4) is 0 Å². The van der Waals surface area contributed by atoms with Crippen LogP contribution in [0.4, 0.5) is 25.4 Å². The second-order valence-electron chi connectivity index (χ2n) is 7.54. The number of nitrogens with one attached hydrogen (secondary N) is 2. The van der Waals surface area contributed by atoms with E-state index in [1.54, 1.807) is 19.1 Å². The molecule has 1 aromatic rings. The minimum atomic E-state index is -0.578. The molecule has 30 heavy (non-hydrogen) atoms. The number of cyclic esters (lactones) is 1. The van der Waals surface area contributed by atoms with E-state index in [1.165, 1.54) is 17.9 Å². The molecule has 2 aliphatic rings. The highest BCUT2D eigenvalue weighted by Crippen LogP contribution is 2.31. The van der Waals surface area contributed by atoms with Crippen molar-refractivity contribution in [2.45, 2.75) is 32.9 Å². The summed E-state index contributed by atoms with van der Waals surface area (Å²) in [5, 5.41) is 5.42. The minimum absolute atomic E-state index is 0.122. The molecule has 2 aliphatic heterocycles. The van der Waals surface area contributed by atoms with Crippen molar-refractivity contribution in [3.63, 3.8) is 0 Å². The number of hydrogen-bond acceptors (Lipinski definition) is 6. The van der Waals surface area contributed by atoms with Crippen LogP contribution in [0, 0.1) is 11.7 Å². The first-order chi connectivity index (χ1) is 14.3. The number of anilines is 2. The lowest BCUT2D eigenvalue weighted by Gasteiger charge is -2.21. The molecular formula is C20H27FN4O5. The van der Waals surface area contributed by atoms with Gasteiger partial charge in [0.1, 0.15) is 11.9 Å². The minimum Gasteiger partial charge on any atom is -0.450 e. The Morgan fingerprint density at radius 2 is 2.07 bits per heavy atom. The maximum absolute atomic E-state index is 14.9. The maximum Gasteiger partial charge on any atom is 0.414 e. The molecule has 0 spiro atoms. The monoisotopic (exact) mass is 422 g/mol.